The Morgan fingerprint density at radius 2 is 0.787 bits per heavy atom. The highest BCUT2D eigenvalue weighted by Gasteiger charge is 2.24. The molecule has 6 heteroatoms. The predicted octanol–water partition coefficient (Wildman–Crippen LogP) is 16.5. The second-order valence-corrected chi connectivity index (χ2v) is 19.0. The van der Waals surface area contributed by atoms with Crippen molar-refractivity contribution < 1.29 is 24.5 Å². The van der Waals surface area contributed by atoms with E-state index in [4.69, 9.17) is 4.74 Å². The molecule has 0 aromatic carbocycles. The van der Waals surface area contributed by atoms with Gasteiger partial charge in [0.15, 0.2) is 0 Å². The number of carbonyl (C=O) groups is 2. The summed E-state index contributed by atoms with van der Waals surface area (Å²) in [5.41, 5.74) is 0. The molecule has 6 nitrogen and oxygen atoms in total. The van der Waals surface area contributed by atoms with Gasteiger partial charge in [0.05, 0.1) is 25.2 Å². The van der Waals surface area contributed by atoms with Crippen molar-refractivity contribution in [1.82, 2.24) is 5.32 Å². The van der Waals surface area contributed by atoms with Gasteiger partial charge in [-0.2, -0.15) is 0 Å². The van der Waals surface area contributed by atoms with Crippen molar-refractivity contribution in [2.75, 3.05) is 6.61 Å². The first-order chi connectivity index (χ1) is 30.0. The van der Waals surface area contributed by atoms with Gasteiger partial charge in [0.25, 0.3) is 0 Å². The molecule has 0 bridgehead atoms. The van der Waals surface area contributed by atoms with Gasteiger partial charge in [-0.1, -0.05) is 251 Å². The molecule has 0 saturated carbocycles. The minimum absolute atomic E-state index is 0.0818. The van der Waals surface area contributed by atoms with Crippen LogP contribution in [0.25, 0.3) is 0 Å². The van der Waals surface area contributed by atoms with Gasteiger partial charge in [-0.3, -0.25) is 9.59 Å². The van der Waals surface area contributed by atoms with Crippen LogP contribution in [-0.4, -0.2) is 46.9 Å². The van der Waals surface area contributed by atoms with Crippen LogP contribution in [0.3, 0.4) is 0 Å². The van der Waals surface area contributed by atoms with Crippen LogP contribution in [0.15, 0.2) is 12.2 Å². The fourth-order valence-corrected chi connectivity index (χ4v) is 8.66. The minimum atomic E-state index is -0.783. The first-order valence-corrected chi connectivity index (χ1v) is 27.4. The summed E-state index contributed by atoms with van der Waals surface area (Å²) in [6.45, 7) is 6.49. The van der Waals surface area contributed by atoms with Gasteiger partial charge in [-0.25, -0.2) is 0 Å². The lowest BCUT2D eigenvalue weighted by atomic mass is 10.0. The first-order valence-electron chi connectivity index (χ1n) is 27.4. The number of nitrogens with one attached hydrogen (secondary N) is 1. The van der Waals surface area contributed by atoms with Gasteiger partial charge in [0.1, 0.15) is 6.10 Å². The van der Waals surface area contributed by atoms with Gasteiger partial charge in [0.2, 0.25) is 5.91 Å². The molecule has 3 atom stereocenters. The Labute approximate surface area is 380 Å². The predicted molar refractivity (Wildman–Crippen MR) is 264 cm³/mol. The number of ether oxygens (including phenoxy) is 1. The maximum Gasteiger partial charge on any atom is 0.306 e. The van der Waals surface area contributed by atoms with Crippen molar-refractivity contribution in [2.24, 2.45) is 0 Å². The average molecular weight is 862 g/mol. The van der Waals surface area contributed by atoms with Gasteiger partial charge >= 0.3 is 5.97 Å². The Hall–Kier alpha value is -1.40. The fourth-order valence-electron chi connectivity index (χ4n) is 8.66. The molecular weight excluding hydrogens is 755 g/mol. The number of aliphatic hydroxyl groups excluding tert-OH is 2. The highest BCUT2D eigenvalue weighted by atomic mass is 16.5. The van der Waals surface area contributed by atoms with E-state index >= 15 is 0 Å². The summed E-state index contributed by atoms with van der Waals surface area (Å²) in [6.07, 6.45) is 55.6. The number of esters is 1. The van der Waals surface area contributed by atoms with Gasteiger partial charge in [-0.15, -0.1) is 0 Å². The number of aliphatic hydroxyl groups is 2. The van der Waals surface area contributed by atoms with E-state index in [1.165, 1.54) is 205 Å². The summed E-state index contributed by atoms with van der Waals surface area (Å²) in [5, 5.41) is 23.8. The molecule has 0 aliphatic carbocycles. The summed E-state index contributed by atoms with van der Waals surface area (Å²) in [6, 6.07) is -0.696. The number of amides is 1. The smallest absolute Gasteiger partial charge is 0.306 e. The topological polar surface area (TPSA) is 95.9 Å². The molecule has 0 aromatic heterocycles. The lowest BCUT2D eigenvalue weighted by Crippen LogP contribution is -2.46. The van der Waals surface area contributed by atoms with Gasteiger partial charge in [-0.05, 0) is 51.4 Å². The van der Waals surface area contributed by atoms with Crippen molar-refractivity contribution in [3.05, 3.63) is 12.2 Å². The number of hydrogen-bond acceptors (Lipinski definition) is 5. The summed E-state index contributed by atoms with van der Waals surface area (Å²) in [7, 11) is 0. The Bertz CT molecular complexity index is 924. The maximum atomic E-state index is 13.2. The lowest BCUT2D eigenvalue weighted by molar-refractivity contribution is -0.151. The van der Waals surface area contributed by atoms with Crippen molar-refractivity contribution >= 4 is 11.9 Å². The van der Waals surface area contributed by atoms with Crippen molar-refractivity contribution in [1.29, 1.82) is 0 Å². The lowest BCUT2D eigenvalue weighted by Gasteiger charge is -2.24. The summed E-state index contributed by atoms with van der Waals surface area (Å²) >= 11 is 0. The number of allylic oxidation sites excluding steroid dienone is 2. The van der Waals surface area contributed by atoms with E-state index in [1.807, 2.05) is 0 Å². The van der Waals surface area contributed by atoms with Crippen LogP contribution in [0.1, 0.15) is 303 Å². The highest BCUT2D eigenvalue weighted by Crippen LogP contribution is 2.19. The Morgan fingerprint density at radius 3 is 1.20 bits per heavy atom. The third kappa shape index (κ3) is 45.0. The number of unbranched alkanes of at least 4 members (excludes halogenated alkanes) is 36. The largest absolute Gasteiger partial charge is 0.462 e. The Balaban J connectivity index is 4.51. The second-order valence-electron chi connectivity index (χ2n) is 19.0. The molecule has 0 heterocycles. The number of rotatable bonds is 50. The molecule has 0 fully saturated rings. The quantitative estimate of drug-likeness (QED) is 0.0322. The van der Waals surface area contributed by atoms with Crippen molar-refractivity contribution in [3.8, 4) is 0 Å². The van der Waals surface area contributed by atoms with E-state index in [0.717, 1.165) is 51.4 Å². The second kappa shape index (κ2) is 49.6. The van der Waals surface area contributed by atoms with Crippen LogP contribution in [0.5, 0.6) is 0 Å². The summed E-state index contributed by atoms with van der Waals surface area (Å²) < 4.78 is 5.94. The van der Waals surface area contributed by atoms with Crippen LogP contribution < -0.4 is 5.32 Å². The van der Waals surface area contributed by atoms with Crippen LogP contribution in [0, 0.1) is 0 Å². The molecule has 0 aliphatic heterocycles. The zero-order valence-corrected chi connectivity index (χ0v) is 41.3. The van der Waals surface area contributed by atoms with Crippen LogP contribution in [0.4, 0.5) is 0 Å². The zero-order valence-electron chi connectivity index (χ0n) is 41.3. The molecule has 1 amide bonds. The molecule has 0 rings (SSSR count). The molecule has 0 aliphatic rings. The molecule has 362 valence electrons. The normalized spacial score (nSPS) is 13.2. The van der Waals surface area contributed by atoms with Crippen molar-refractivity contribution in [2.45, 2.75) is 322 Å². The van der Waals surface area contributed by atoms with Crippen LogP contribution in [-0.2, 0) is 14.3 Å². The molecule has 0 aromatic rings. The van der Waals surface area contributed by atoms with Gasteiger partial charge in [0, 0.05) is 6.42 Å². The molecule has 0 radical (unpaired) electrons. The Morgan fingerprint density at radius 1 is 0.459 bits per heavy atom. The standard InChI is InChI=1S/C55H107NO5/c1-4-7-10-13-16-19-22-25-27-29-31-34-37-40-43-46-51(61-55(60)48-45-42-39-36-33-24-21-18-15-12-9-6-3)49-54(59)56-52(50-57)53(58)47-44-41-38-35-32-30-28-26-23-20-17-14-11-8-5-2/h18,21,51-53,57-58H,4-17,19-20,22-50H2,1-3H3,(H,56,59)/b21-18-. The number of hydrogen-bond donors (Lipinski definition) is 3. The zero-order chi connectivity index (χ0) is 44.5. The summed E-state index contributed by atoms with van der Waals surface area (Å²) in [5.74, 6) is -0.464. The molecular formula is C55H107NO5. The first kappa shape index (κ1) is 59.6. The molecule has 0 spiro atoms. The monoisotopic (exact) mass is 862 g/mol. The molecule has 3 N–H and O–H groups in total. The Kier molecular flexibility index (Phi) is 48.5. The van der Waals surface area contributed by atoms with Gasteiger partial charge < -0.3 is 20.3 Å². The molecule has 0 saturated heterocycles. The van der Waals surface area contributed by atoms with E-state index in [2.05, 4.69) is 38.2 Å². The van der Waals surface area contributed by atoms with E-state index < -0.39 is 18.2 Å². The molecule has 61 heavy (non-hydrogen) atoms. The van der Waals surface area contributed by atoms with Crippen LogP contribution in [0.2, 0.25) is 0 Å². The van der Waals surface area contributed by atoms with E-state index in [1.54, 1.807) is 0 Å². The summed E-state index contributed by atoms with van der Waals surface area (Å²) in [4.78, 5) is 26.2. The van der Waals surface area contributed by atoms with E-state index in [0.29, 0.717) is 19.3 Å². The van der Waals surface area contributed by atoms with E-state index in [-0.39, 0.29) is 24.9 Å². The highest BCUT2D eigenvalue weighted by molar-refractivity contribution is 5.77. The third-order valence-electron chi connectivity index (χ3n) is 12.8. The van der Waals surface area contributed by atoms with E-state index in [9.17, 15) is 19.8 Å². The SMILES string of the molecule is CCCCC/C=C\CCCCCCCC(=O)OC(CCCCCCCCCCCCCCCCC)CC(=O)NC(CO)C(O)CCCCCCCCCCCCCCCCC. The number of carbonyl (C=O) groups excluding carboxylic acids is 2. The molecule has 3 unspecified atom stereocenters. The minimum Gasteiger partial charge on any atom is -0.462 e. The van der Waals surface area contributed by atoms with Crippen molar-refractivity contribution in [3.63, 3.8) is 0 Å². The van der Waals surface area contributed by atoms with Crippen LogP contribution >= 0.6 is 0 Å². The fraction of sp³-hybridized carbons (Fsp3) is 0.927. The third-order valence-corrected chi connectivity index (χ3v) is 12.8. The average Bonchev–Trinajstić information content (AvgIpc) is 3.25. The maximum absolute atomic E-state index is 13.2.